The number of pyridine rings is 1. The number of hydrogen-bond acceptors (Lipinski definition) is 4. The van der Waals surface area contributed by atoms with Crippen LogP contribution in [0, 0.1) is 5.82 Å². The number of carbonyl (C=O) groups is 1. The van der Waals surface area contributed by atoms with Crippen molar-refractivity contribution in [1.82, 2.24) is 4.57 Å². The van der Waals surface area contributed by atoms with E-state index in [0.29, 0.717) is 4.47 Å². The van der Waals surface area contributed by atoms with Crippen LogP contribution >= 0.6 is 27.5 Å². The molecular weight excluding hydrogens is 429 g/mol. The monoisotopic (exact) mass is 439 g/mol. The Morgan fingerprint density at radius 1 is 1.27 bits per heavy atom. The highest BCUT2D eigenvalue weighted by Crippen LogP contribution is 2.28. The molecule has 8 heteroatoms. The highest BCUT2D eigenvalue weighted by molar-refractivity contribution is 9.10. The first-order valence-corrected chi connectivity index (χ1v) is 8.58. The molecule has 0 amide bonds. The third kappa shape index (κ3) is 3.20. The first kappa shape index (κ1) is 18.4. The summed E-state index contributed by atoms with van der Waals surface area (Å²) in [7, 11) is 1.15. The maximum atomic E-state index is 14.2. The predicted octanol–water partition coefficient (Wildman–Crippen LogP) is 4.10. The molecule has 0 bridgehead atoms. The van der Waals surface area contributed by atoms with Gasteiger partial charge in [-0.05, 0) is 30.3 Å². The minimum atomic E-state index is -0.834. The van der Waals surface area contributed by atoms with Gasteiger partial charge in [0.2, 0.25) is 5.88 Å². The molecule has 1 heterocycles. The molecule has 0 aliphatic heterocycles. The highest BCUT2D eigenvalue weighted by Gasteiger charge is 2.23. The van der Waals surface area contributed by atoms with Crippen molar-refractivity contribution in [3.8, 4) is 5.88 Å². The van der Waals surface area contributed by atoms with Crippen LogP contribution in [0.15, 0.2) is 45.7 Å². The van der Waals surface area contributed by atoms with Gasteiger partial charge in [-0.25, -0.2) is 9.18 Å². The highest BCUT2D eigenvalue weighted by atomic mass is 79.9. The van der Waals surface area contributed by atoms with Crippen LogP contribution in [0.3, 0.4) is 0 Å². The Hall–Kier alpha value is -2.38. The summed E-state index contributed by atoms with van der Waals surface area (Å²) in [6, 6.07) is 8.68. The second kappa shape index (κ2) is 7.09. The third-order valence-electron chi connectivity index (χ3n) is 3.94. The van der Waals surface area contributed by atoms with Crippen LogP contribution in [-0.2, 0) is 11.3 Å². The maximum Gasteiger partial charge on any atom is 0.343 e. The van der Waals surface area contributed by atoms with E-state index in [4.69, 9.17) is 16.3 Å². The lowest BCUT2D eigenvalue weighted by atomic mass is 10.1. The molecule has 0 aliphatic carbocycles. The SMILES string of the molecule is COC(=O)c1c(O)n(Cc2ccc(Br)cc2F)c(=O)c2ccc(Cl)cc12. The molecule has 0 saturated heterocycles. The molecule has 0 saturated carbocycles. The van der Waals surface area contributed by atoms with Crippen molar-refractivity contribution in [2.45, 2.75) is 6.54 Å². The Morgan fingerprint density at radius 2 is 2.00 bits per heavy atom. The Balaban J connectivity index is 2.30. The first-order chi connectivity index (χ1) is 12.3. The summed E-state index contributed by atoms with van der Waals surface area (Å²) in [5.41, 5.74) is -0.610. The second-order valence-electron chi connectivity index (χ2n) is 5.51. The lowest BCUT2D eigenvalue weighted by molar-refractivity contribution is 0.0598. The molecule has 0 radical (unpaired) electrons. The van der Waals surface area contributed by atoms with E-state index in [9.17, 15) is 19.1 Å². The van der Waals surface area contributed by atoms with Gasteiger partial charge >= 0.3 is 5.97 Å². The Bertz CT molecular complexity index is 1100. The topological polar surface area (TPSA) is 68.5 Å². The smallest absolute Gasteiger partial charge is 0.343 e. The number of benzene rings is 2. The summed E-state index contributed by atoms with van der Waals surface area (Å²) in [5.74, 6) is -2.00. The van der Waals surface area contributed by atoms with Gasteiger partial charge in [0.1, 0.15) is 11.4 Å². The average Bonchev–Trinajstić information content (AvgIpc) is 2.59. The van der Waals surface area contributed by atoms with Crippen molar-refractivity contribution in [3.63, 3.8) is 0 Å². The van der Waals surface area contributed by atoms with E-state index < -0.39 is 23.2 Å². The van der Waals surface area contributed by atoms with Crippen LogP contribution in [0.1, 0.15) is 15.9 Å². The third-order valence-corrected chi connectivity index (χ3v) is 4.67. The number of methoxy groups -OCH3 is 1. The van der Waals surface area contributed by atoms with E-state index in [1.807, 2.05) is 0 Å². The number of aromatic nitrogens is 1. The van der Waals surface area contributed by atoms with Gasteiger partial charge < -0.3 is 9.84 Å². The molecule has 134 valence electrons. The van der Waals surface area contributed by atoms with Crippen molar-refractivity contribution in [1.29, 1.82) is 0 Å². The summed E-state index contributed by atoms with van der Waals surface area (Å²) in [6.07, 6.45) is 0. The molecule has 3 aromatic rings. The molecular formula is C18H12BrClFNO4. The maximum absolute atomic E-state index is 14.2. The standard InChI is InChI=1S/C18H12BrClFNO4/c1-26-18(25)15-13-7-11(20)4-5-12(13)16(23)22(17(15)24)8-9-2-3-10(19)6-14(9)21/h2-7,24H,8H2,1H3. The Kier molecular flexibility index (Phi) is 5.02. The summed E-state index contributed by atoms with van der Waals surface area (Å²) in [6.45, 7) is -0.258. The average molecular weight is 441 g/mol. The lowest BCUT2D eigenvalue weighted by Gasteiger charge is -2.15. The molecule has 1 aromatic heterocycles. The summed E-state index contributed by atoms with van der Waals surface area (Å²) >= 11 is 9.11. The van der Waals surface area contributed by atoms with Crippen LogP contribution < -0.4 is 5.56 Å². The fraction of sp³-hybridized carbons (Fsp3) is 0.111. The van der Waals surface area contributed by atoms with Gasteiger partial charge in [-0.1, -0.05) is 33.6 Å². The number of rotatable bonds is 3. The van der Waals surface area contributed by atoms with E-state index in [2.05, 4.69) is 15.9 Å². The molecule has 0 aliphatic rings. The van der Waals surface area contributed by atoms with Crippen molar-refractivity contribution in [2.75, 3.05) is 7.11 Å². The summed E-state index contributed by atoms with van der Waals surface area (Å²) in [5, 5.41) is 11.2. The number of hydrogen-bond donors (Lipinski definition) is 1. The van der Waals surface area contributed by atoms with E-state index in [1.165, 1.54) is 30.3 Å². The van der Waals surface area contributed by atoms with E-state index in [0.717, 1.165) is 11.7 Å². The minimum Gasteiger partial charge on any atom is -0.494 e. The number of aromatic hydroxyl groups is 1. The van der Waals surface area contributed by atoms with Crippen LogP contribution in [-0.4, -0.2) is 22.8 Å². The molecule has 3 rings (SSSR count). The second-order valence-corrected chi connectivity index (χ2v) is 6.86. The number of fused-ring (bicyclic) bond motifs is 1. The van der Waals surface area contributed by atoms with Gasteiger partial charge in [-0.2, -0.15) is 0 Å². The zero-order valence-electron chi connectivity index (χ0n) is 13.4. The molecule has 26 heavy (non-hydrogen) atoms. The minimum absolute atomic E-state index is 0.158. The zero-order chi connectivity index (χ0) is 19.0. The van der Waals surface area contributed by atoms with Crippen LogP contribution in [0.5, 0.6) is 5.88 Å². The molecule has 5 nitrogen and oxygen atoms in total. The van der Waals surface area contributed by atoms with E-state index in [-0.39, 0.29) is 33.5 Å². The Morgan fingerprint density at radius 3 is 2.65 bits per heavy atom. The van der Waals surface area contributed by atoms with Crippen LogP contribution in [0.2, 0.25) is 5.02 Å². The number of ether oxygens (including phenoxy) is 1. The van der Waals surface area contributed by atoms with Gasteiger partial charge in [0, 0.05) is 25.8 Å². The summed E-state index contributed by atoms with van der Waals surface area (Å²) < 4.78 is 20.3. The van der Waals surface area contributed by atoms with Crippen molar-refractivity contribution < 1.29 is 19.0 Å². The van der Waals surface area contributed by atoms with Gasteiger partial charge in [0.15, 0.2) is 0 Å². The molecule has 1 N–H and O–H groups in total. The van der Waals surface area contributed by atoms with Crippen LogP contribution in [0.4, 0.5) is 4.39 Å². The van der Waals surface area contributed by atoms with Crippen molar-refractivity contribution in [3.05, 3.63) is 73.2 Å². The molecule has 0 unspecified atom stereocenters. The van der Waals surface area contributed by atoms with E-state index >= 15 is 0 Å². The van der Waals surface area contributed by atoms with Crippen molar-refractivity contribution >= 4 is 44.3 Å². The Labute approximate surface area is 160 Å². The fourth-order valence-corrected chi connectivity index (χ4v) is 3.18. The molecule has 0 spiro atoms. The largest absolute Gasteiger partial charge is 0.494 e. The number of esters is 1. The van der Waals surface area contributed by atoms with Gasteiger partial charge in [0.25, 0.3) is 5.56 Å². The molecule has 0 atom stereocenters. The first-order valence-electron chi connectivity index (χ1n) is 7.40. The number of nitrogens with zero attached hydrogens (tertiary/aromatic N) is 1. The van der Waals surface area contributed by atoms with Crippen molar-refractivity contribution in [2.24, 2.45) is 0 Å². The van der Waals surface area contributed by atoms with Gasteiger partial charge in [0.05, 0.1) is 13.7 Å². The van der Waals surface area contributed by atoms with Gasteiger partial charge in [-0.3, -0.25) is 9.36 Å². The molecule has 0 fully saturated rings. The van der Waals surface area contributed by atoms with Gasteiger partial charge in [-0.15, -0.1) is 0 Å². The quantitative estimate of drug-likeness (QED) is 0.623. The fourth-order valence-electron chi connectivity index (χ4n) is 2.68. The number of carbonyl (C=O) groups excluding carboxylic acids is 1. The molecule has 2 aromatic carbocycles. The summed E-state index contributed by atoms with van der Waals surface area (Å²) in [4.78, 5) is 24.9. The van der Waals surface area contributed by atoms with E-state index in [1.54, 1.807) is 6.07 Å². The predicted molar refractivity (Wildman–Crippen MR) is 99.4 cm³/mol. The number of halogens is 3. The lowest BCUT2D eigenvalue weighted by Crippen LogP contribution is -2.24. The van der Waals surface area contributed by atoms with Crippen LogP contribution in [0.25, 0.3) is 10.8 Å². The normalized spacial score (nSPS) is 10.9. The zero-order valence-corrected chi connectivity index (χ0v) is 15.8.